The number of hydrogen-bond acceptors (Lipinski definition) is 3. The Hall–Kier alpha value is -0.840. The molecule has 0 aromatic carbocycles. The molecule has 0 saturated heterocycles. The normalized spacial score (nSPS) is 7.33. The molecule has 0 unspecified atom stereocenters. The molecule has 0 fully saturated rings. The fourth-order valence-corrected chi connectivity index (χ4v) is 0.289. The summed E-state index contributed by atoms with van der Waals surface area (Å²) in [5.74, 6) is 0. The average molecular weight is 136 g/mol. The van der Waals surface area contributed by atoms with Gasteiger partial charge in [-0.25, -0.2) is 0 Å². The van der Waals surface area contributed by atoms with Crippen molar-refractivity contribution in [2.24, 2.45) is 0 Å². The van der Waals surface area contributed by atoms with E-state index in [1.54, 1.807) is 0 Å². The molecule has 0 radical (unpaired) electrons. The predicted octanol–water partition coefficient (Wildman–Crippen LogP) is -0.649. The molecule has 5 nitrogen and oxygen atoms in total. The Labute approximate surface area is 53.8 Å². The predicted molar refractivity (Wildman–Crippen MR) is 33.4 cm³/mol. The van der Waals surface area contributed by atoms with Crippen LogP contribution < -0.4 is 5.32 Å². The highest BCUT2D eigenvalue weighted by molar-refractivity contribution is 4.03. The lowest BCUT2D eigenvalue weighted by atomic mass is 10.7. The molecule has 0 aromatic rings. The second kappa shape index (κ2) is 10.2. The van der Waals surface area contributed by atoms with Crippen LogP contribution in [0.25, 0.3) is 0 Å². The summed E-state index contributed by atoms with van der Waals surface area (Å²) in [5, 5.41) is 17.0. The molecule has 0 atom stereocenters. The van der Waals surface area contributed by atoms with Gasteiger partial charge in [0, 0.05) is 0 Å². The summed E-state index contributed by atoms with van der Waals surface area (Å²) in [6, 6.07) is 0. The summed E-state index contributed by atoms with van der Waals surface area (Å²) < 4.78 is 0. The summed E-state index contributed by atoms with van der Waals surface area (Å²) in [6.45, 7) is 6.75. The van der Waals surface area contributed by atoms with Crippen LogP contribution in [0.1, 0.15) is 13.8 Å². The zero-order valence-electron chi connectivity index (χ0n) is 5.66. The maximum absolute atomic E-state index is 8.25. The molecule has 0 spiro atoms. The number of rotatable bonds is 2. The van der Waals surface area contributed by atoms with Crippen LogP contribution in [-0.4, -0.2) is 18.2 Å². The van der Waals surface area contributed by atoms with Gasteiger partial charge in [0.05, 0.1) is 18.2 Å². The van der Waals surface area contributed by atoms with E-state index in [1.165, 1.54) is 13.1 Å². The SMILES string of the molecule is CC[NH2+]CC.O=[N+]([O-])[O-]. The number of hydrogen-bond donors (Lipinski definition) is 1. The fraction of sp³-hybridized carbons (Fsp3) is 1.00. The second-order valence-electron chi connectivity index (χ2n) is 1.33. The molecule has 5 heteroatoms. The van der Waals surface area contributed by atoms with Crippen molar-refractivity contribution in [3.05, 3.63) is 15.3 Å². The standard InChI is InChI=1S/C4H11N.NO3/c1-3-5-4-2;2-1(3)4/h5H,3-4H2,1-2H3;/q;-1/p+1. The van der Waals surface area contributed by atoms with Crippen LogP contribution in [0.2, 0.25) is 0 Å². The molecule has 0 amide bonds. The lowest BCUT2D eigenvalue weighted by Gasteiger charge is -1.83. The van der Waals surface area contributed by atoms with E-state index in [2.05, 4.69) is 19.2 Å². The first-order chi connectivity index (χ1) is 4.15. The van der Waals surface area contributed by atoms with Crippen LogP contribution in [-0.2, 0) is 0 Å². The second-order valence-corrected chi connectivity index (χ2v) is 1.33. The molecule has 0 aliphatic carbocycles. The van der Waals surface area contributed by atoms with E-state index >= 15 is 0 Å². The molecular weight excluding hydrogens is 124 g/mol. The Bertz CT molecular complexity index is 60.8. The monoisotopic (exact) mass is 136 g/mol. The quantitative estimate of drug-likeness (QED) is 0.404. The van der Waals surface area contributed by atoms with E-state index in [-0.39, 0.29) is 0 Å². The van der Waals surface area contributed by atoms with Crippen molar-refractivity contribution in [3.63, 3.8) is 0 Å². The molecule has 0 rings (SSSR count). The summed E-state index contributed by atoms with van der Waals surface area (Å²) in [4.78, 5) is 8.25. The lowest BCUT2D eigenvalue weighted by molar-refractivity contribution is -0.648. The van der Waals surface area contributed by atoms with Gasteiger partial charge in [-0.2, -0.15) is 0 Å². The van der Waals surface area contributed by atoms with Crippen LogP contribution in [0.15, 0.2) is 0 Å². The number of quaternary nitrogens is 1. The minimum absolute atomic E-state index is 1.22. The van der Waals surface area contributed by atoms with Crippen molar-refractivity contribution in [1.82, 2.24) is 0 Å². The molecule has 0 aromatic heterocycles. The van der Waals surface area contributed by atoms with E-state index in [0.717, 1.165) is 0 Å². The molecule has 0 aliphatic rings. The van der Waals surface area contributed by atoms with Gasteiger partial charge in [-0.05, 0) is 13.8 Å². The Morgan fingerprint density at radius 1 is 1.33 bits per heavy atom. The van der Waals surface area contributed by atoms with Crippen molar-refractivity contribution in [1.29, 1.82) is 0 Å². The van der Waals surface area contributed by atoms with Gasteiger partial charge < -0.3 is 20.6 Å². The molecule has 0 saturated carbocycles. The highest BCUT2D eigenvalue weighted by atomic mass is 16.9. The third-order valence-electron chi connectivity index (χ3n) is 0.577. The lowest BCUT2D eigenvalue weighted by Crippen LogP contribution is -2.82. The van der Waals surface area contributed by atoms with E-state index < -0.39 is 5.09 Å². The minimum Gasteiger partial charge on any atom is -0.356 e. The first-order valence-electron chi connectivity index (χ1n) is 2.78. The van der Waals surface area contributed by atoms with Crippen molar-refractivity contribution in [2.75, 3.05) is 13.1 Å². The van der Waals surface area contributed by atoms with Gasteiger partial charge in [-0.15, -0.1) is 0 Å². The molecule has 0 bridgehead atoms. The number of nitrogens with zero attached hydrogens (tertiary/aromatic N) is 1. The highest BCUT2D eigenvalue weighted by Gasteiger charge is 1.67. The van der Waals surface area contributed by atoms with Gasteiger partial charge >= 0.3 is 0 Å². The van der Waals surface area contributed by atoms with E-state index in [4.69, 9.17) is 15.3 Å². The maximum Gasteiger partial charge on any atom is 0.0726 e. The zero-order valence-corrected chi connectivity index (χ0v) is 5.66. The van der Waals surface area contributed by atoms with Crippen LogP contribution in [0, 0.1) is 15.3 Å². The molecule has 56 valence electrons. The van der Waals surface area contributed by atoms with Gasteiger partial charge in [-0.1, -0.05) is 0 Å². The summed E-state index contributed by atoms with van der Waals surface area (Å²) >= 11 is 0. The van der Waals surface area contributed by atoms with E-state index in [0.29, 0.717) is 0 Å². The fourth-order valence-electron chi connectivity index (χ4n) is 0.289. The first kappa shape index (κ1) is 11.0. The molecule has 2 N–H and O–H groups in total. The maximum atomic E-state index is 8.25. The van der Waals surface area contributed by atoms with Crippen LogP contribution in [0.5, 0.6) is 0 Å². The Morgan fingerprint density at radius 2 is 1.56 bits per heavy atom. The molecular formula is C4H12N2O3. The summed E-state index contributed by atoms with van der Waals surface area (Å²) in [5.41, 5.74) is 0. The zero-order chi connectivity index (χ0) is 7.70. The Kier molecular flexibility index (Phi) is 12.5. The molecule has 9 heavy (non-hydrogen) atoms. The first-order valence-corrected chi connectivity index (χ1v) is 2.78. The summed E-state index contributed by atoms with van der Waals surface area (Å²) in [7, 11) is 0. The van der Waals surface area contributed by atoms with Crippen molar-refractivity contribution >= 4 is 0 Å². The van der Waals surface area contributed by atoms with Gasteiger partial charge in [0.2, 0.25) is 0 Å². The minimum atomic E-state index is -1.75. The van der Waals surface area contributed by atoms with Crippen molar-refractivity contribution in [2.45, 2.75) is 13.8 Å². The molecule has 0 aliphatic heterocycles. The van der Waals surface area contributed by atoms with E-state index in [9.17, 15) is 0 Å². The topological polar surface area (TPSA) is 82.8 Å². The average Bonchev–Trinajstić information content (AvgIpc) is 1.66. The van der Waals surface area contributed by atoms with E-state index in [1.807, 2.05) is 0 Å². The Morgan fingerprint density at radius 3 is 1.56 bits per heavy atom. The van der Waals surface area contributed by atoms with Gasteiger partial charge in [0.1, 0.15) is 0 Å². The van der Waals surface area contributed by atoms with Crippen LogP contribution in [0.4, 0.5) is 0 Å². The third-order valence-corrected chi connectivity index (χ3v) is 0.577. The highest BCUT2D eigenvalue weighted by Crippen LogP contribution is 1.44. The van der Waals surface area contributed by atoms with Crippen LogP contribution in [0.3, 0.4) is 0 Å². The van der Waals surface area contributed by atoms with Crippen molar-refractivity contribution in [3.8, 4) is 0 Å². The molecule has 0 heterocycles. The van der Waals surface area contributed by atoms with Gasteiger partial charge in [0.25, 0.3) is 0 Å². The largest absolute Gasteiger partial charge is 0.356 e. The Balaban J connectivity index is 0. The third kappa shape index (κ3) is 142. The van der Waals surface area contributed by atoms with Gasteiger partial charge in [0.15, 0.2) is 0 Å². The van der Waals surface area contributed by atoms with Gasteiger partial charge in [-0.3, -0.25) is 0 Å². The number of nitrogens with two attached hydrogens (primary N) is 1. The van der Waals surface area contributed by atoms with Crippen molar-refractivity contribution < 1.29 is 10.4 Å². The van der Waals surface area contributed by atoms with Crippen LogP contribution >= 0.6 is 0 Å². The summed E-state index contributed by atoms with van der Waals surface area (Å²) in [6.07, 6.45) is 0. The smallest absolute Gasteiger partial charge is 0.0726 e.